The summed E-state index contributed by atoms with van der Waals surface area (Å²) in [4.78, 5) is 14.9. The zero-order valence-corrected chi connectivity index (χ0v) is 16.7. The molecule has 2 aliphatic rings. The SMILES string of the molecule is CCCc1ccc(-c2ccc(C(=O)N3CC[C@@]4(O)CCNC[C@H]4C3)cc2)cc1. The van der Waals surface area contributed by atoms with E-state index in [0.717, 1.165) is 43.5 Å². The van der Waals surface area contributed by atoms with Crippen LogP contribution in [0.25, 0.3) is 11.1 Å². The third kappa shape index (κ3) is 3.85. The van der Waals surface area contributed by atoms with Crippen LogP contribution in [0.3, 0.4) is 0 Å². The first-order chi connectivity index (χ1) is 13.6. The minimum atomic E-state index is -0.601. The Bertz CT molecular complexity index is 816. The maximum absolute atomic E-state index is 13.0. The maximum atomic E-state index is 13.0. The molecule has 0 radical (unpaired) electrons. The molecule has 0 bridgehead atoms. The fourth-order valence-electron chi connectivity index (χ4n) is 4.55. The van der Waals surface area contributed by atoms with Crippen molar-refractivity contribution >= 4 is 5.91 Å². The second-order valence-electron chi connectivity index (χ2n) is 8.28. The van der Waals surface area contributed by atoms with Crippen LogP contribution in [0.2, 0.25) is 0 Å². The zero-order chi connectivity index (χ0) is 19.6. The number of aryl methyl sites for hydroxylation is 1. The summed E-state index contributed by atoms with van der Waals surface area (Å²) < 4.78 is 0. The van der Waals surface area contributed by atoms with Crippen molar-refractivity contribution in [3.8, 4) is 11.1 Å². The molecule has 2 heterocycles. The molecule has 2 aromatic carbocycles. The van der Waals surface area contributed by atoms with Crippen molar-refractivity contribution in [2.75, 3.05) is 26.2 Å². The number of aliphatic hydroxyl groups is 1. The highest BCUT2D eigenvalue weighted by Gasteiger charge is 2.43. The average molecular weight is 379 g/mol. The van der Waals surface area contributed by atoms with Crippen molar-refractivity contribution in [3.05, 3.63) is 59.7 Å². The Morgan fingerprint density at radius 1 is 1.11 bits per heavy atom. The van der Waals surface area contributed by atoms with Gasteiger partial charge in [-0.1, -0.05) is 49.7 Å². The van der Waals surface area contributed by atoms with Gasteiger partial charge < -0.3 is 15.3 Å². The van der Waals surface area contributed by atoms with Gasteiger partial charge in [0.2, 0.25) is 0 Å². The van der Waals surface area contributed by atoms with Gasteiger partial charge >= 0.3 is 0 Å². The number of nitrogens with one attached hydrogen (secondary N) is 1. The van der Waals surface area contributed by atoms with Crippen LogP contribution in [0.15, 0.2) is 48.5 Å². The van der Waals surface area contributed by atoms with Gasteiger partial charge in [0.05, 0.1) is 5.60 Å². The number of amides is 1. The van der Waals surface area contributed by atoms with Gasteiger partial charge in [0.15, 0.2) is 0 Å². The van der Waals surface area contributed by atoms with Crippen molar-refractivity contribution in [3.63, 3.8) is 0 Å². The first-order valence-corrected chi connectivity index (χ1v) is 10.5. The van der Waals surface area contributed by atoms with Crippen LogP contribution < -0.4 is 5.32 Å². The molecule has 2 N–H and O–H groups in total. The topological polar surface area (TPSA) is 52.6 Å². The second-order valence-corrected chi connectivity index (χ2v) is 8.28. The van der Waals surface area contributed by atoms with E-state index in [9.17, 15) is 9.90 Å². The normalized spacial score (nSPS) is 24.6. The lowest BCUT2D eigenvalue weighted by Crippen LogP contribution is -2.59. The van der Waals surface area contributed by atoms with Crippen LogP contribution in [0.1, 0.15) is 42.1 Å². The van der Waals surface area contributed by atoms with E-state index in [4.69, 9.17) is 0 Å². The van der Waals surface area contributed by atoms with E-state index >= 15 is 0 Å². The lowest BCUT2D eigenvalue weighted by atomic mass is 9.76. The number of hydrogen-bond acceptors (Lipinski definition) is 3. The van der Waals surface area contributed by atoms with Crippen molar-refractivity contribution in [1.29, 1.82) is 0 Å². The highest BCUT2D eigenvalue weighted by atomic mass is 16.3. The largest absolute Gasteiger partial charge is 0.389 e. The summed E-state index contributed by atoms with van der Waals surface area (Å²) in [6.45, 7) is 5.10. The van der Waals surface area contributed by atoms with E-state index in [1.807, 2.05) is 29.2 Å². The van der Waals surface area contributed by atoms with Gasteiger partial charge in [-0.15, -0.1) is 0 Å². The Hall–Kier alpha value is -2.17. The molecule has 4 heteroatoms. The van der Waals surface area contributed by atoms with Crippen molar-refractivity contribution < 1.29 is 9.90 Å². The minimum absolute atomic E-state index is 0.0671. The molecule has 2 saturated heterocycles. The van der Waals surface area contributed by atoms with Crippen LogP contribution in [0.5, 0.6) is 0 Å². The Morgan fingerprint density at radius 3 is 2.46 bits per heavy atom. The van der Waals surface area contributed by atoms with Crippen LogP contribution >= 0.6 is 0 Å². The molecule has 2 aliphatic heterocycles. The highest BCUT2D eigenvalue weighted by Crippen LogP contribution is 2.33. The average Bonchev–Trinajstić information content (AvgIpc) is 2.73. The molecule has 4 nitrogen and oxygen atoms in total. The molecule has 4 rings (SSSR count). The summed E-state index contributed by atoms with van der Waals surface area (Å²) in [6.07, 6.45) is 3.72. The fraction of sp³-hybridized carbons (Fsp3) is 0.458. The molecule has 0 spiro atoms. The first kappa shape index (κ1) is 19.2. The van der Waals surface area contributed by atoms with Gasteiger partial charge in [0, 0.05) is 31.1 Å². The van der Waals surface area contributed by atoms with E-state index in [0.29, 0.717) is 19.5 Å². The number of fused-ring (bicyclic) bond motifs is 1. The molecule has 0 saturated carbocycles. The number of rotatable bonds is 4. The number of piperidine rings is 2. The monoisotopic (exact) mass is 378 g/mol. The Kier molecular flexibility index (Phi) is 5.51. The highest BCUT2D eigenvalue weighted by molar-refractivity contribution is 5.94. The molecule has 1 amide bonds. The Labute approximate surface area is 167 Å². The van der Waals surface area contributed by atoms with Gasteiger partial charge in [0.1, 0.15) is 0 Å². The molecule has 0 aliphatic carbocycles. The summed E-state index contributed by atoms with van der Waals surface area (Å²) in [5, 5.41) is 14.1. The van der Waals surface area contributed by atoms with E-state index in [-0.39, 0.29) is 11.8 Å². The number of likely N-dealkylation sites (tertiary alicyclic amines) is 1. The summed E-state index contributed by atoms with van der Waals surface area (Å²) in [5.74, 6) is 0.192. The molecule has 28 heavy (non-hydrogen) atoms. The third-order valence-electron chi connectivity index (χ3n) is 6.39. The first-order valence-electron chi connectivity index (χ1n) is 10.5. The molecule has 148 valence electrons. The van der Waals surface area contributed by atoms with Gasteiger partial charge in [-0.05, 0) is 54.6 Å². The van der Waals surface area contributed by atoms with Crippen LogP contribution in [-0.4, -0.2) is 47.7 Å². The predicted octanol–water partition coefficient (Wildman–Crippen LogP) is 3.49. The fourth-order valence-corrected chi connectivity index (χ4v) is 4.55. The summed E-state index contributed by atoms with van der Waals surface area (Å²) >= 11 is 0. The molecule has 2 atom stereocenters. The number of carbonyl (C=O) groups excluding carboxylic acids is 1. The zero-order valence-electron chi connectivity index (χ0n) is 16.7. The number of carbonyl (C=O) groups is 1. The molecular weight excluding hydrogens is 348 g/mol. The van der Waals surface area contributed by atoms with E-state index < -0.39 is 5.60 Å². The third-order valence-corrected chi connectivity index (χ3v) is 6.39. The quantitative estimate of drug-likeness (QED) is 0.856. The predicted molar refractivity (Wildman–Crippen MR) is 112 cm³/mol. The van der Waals surface area contributed by atoms with Crippen LogP contribution in [-0.2, 0) is 6.42 Å². The lowest BCUT2D eigenvalue weighted by Gasteiger charge is -2.47. The lowest BCUT2D eigenvalue weighted by molar-refractivity contribution is -0.0817. The summed E-state index contributed by atoms with van der Waals surface area (Å²) in [7, 11) is 0. The molecular formula is C24H30N2O2. The van der Waals surface area contributed by atoms with Crippen LogP contribution in [0, 0.1) is 5.92 Å². The van der Waals surface area contributed by atoms with Crippen LogP contribution in [0.4, 0.5) is 0 Å². The summed E-state index contributed by atoms with van der Waals surface area (Å²) in [6, 6.07) is 16.6. The standard InChI is InChI=1S/C24H30N2O2/c1-2-3-18-4-6-19(7-5-18)20-8-10-21(11-9-20)23(27)26-15-13-24(28)12-14-25-16-22(24)17-26/h4-11,22,25,28H,2-3,12-17H2,1H3/t22-,24-/m0/s1. The second kappa shape index (κ2) is 8.06. The van der Waals surface area contributed by atoms with E-state index in [1.54, 1.807) is 0 Å². The number of hydrogen-bond donors (Lipinski definition) is 2. The Morgan fingerprint density at radius 2 is 1.79 bits per heavy atom. The number of benzene rings is 2. The van der Waals surface area contributed by atoms with Crippen molar-refractivity contribution in [2.24, 2.45) is 5.92 Å². The summed E-state index contributed by atoms with van der Waals surface area (Å²) in [5.41, 5.74) is 3.79. The molecule has 0 aromatic heterocycles. The maximum Gasteiger partial charge on any atom is 0.253 e. The molecule has 2 fully saturated rings. The van der Waals surface area contributed by atoms with Gasteiger partial charge in [-0.2, -0.15) is 0 Å². The van der Waals surface area contributed by atoms with Crippen molar-refractivity contribution in [1.82, 2.24) is 10.2 Å². The van der Waals surface area contributed by atoms with Gasteiger partial charge in [-0.3, -0.25) is 4.79 Å². The Balaban J connectivity index is 1.44. The number of nitrogens with zero attached hydrogens (tertiary/aromatic N) is 1. The van der Waals surface area contributed by atoms with E-state index in [2.05, 4.69) is 36.5 Å². The van der Waals surface area contributed by atoms with Crippen molar-refractivity contribution in [2.45, 2.75) is 38.2 Å². The van der Waals surface area contributed by atoms with Gasteiger partial charge in [0.25, 0.3) is 5.91 Å². The van der Waals surface area contributed by atoms with E-state index in [1.165, 1.54) is 11.1 Å². The molecule has 2 aromatic rings. The molecule has 0 unspecified atom stereocenters. The minimum Gasteiger partial charge on any atom is -0.389 e. The van der Waals surface area contributed by atoms with Gasteiger partial charge in [-0.25, -0.2) is 0 Å². The smallest absolute Gasteiger partial charge is 0.253 e.